The fraction of sp³-hybridized carbons (Fsp3) is 0.273. The molecular weight excluding hydrogens is 275 g/mol. The second-order valence-electron chi connectivity index (χ2n) is 3.37. The van der Waals surface area contributed by atoms with Gasteiger partial charge in [-0.3, -0.25) is 0 Å². The van der Waals surface area contributed by atoms with Gasteiger partial charge in [0.25, 0.3) is 0 Å². The van der Waals surface area contributed by atoms with E-state index in [2.05, 4.69) is 25.9 Å². The maximum absolute atomic E-state index is 6.12. The summed E-state index contributed by atoms with van der Waals surface area (Å²) >= 11 is 9.58. The largest absolute Gasteiger partial charge is 0.231 e. The molecule has 0 saturated heterocycles. The van der Waals surface area contributed by atoms with Crippen molar-refractivity contribution >= 4 is 38.4 Å². The molecular formula is C11H10BrClN2. The molecule has 0 aliphatic rings. The Morgan fingerprint density at radius 2 is 2.07 bits per heavy atom. The second-order valence-corrected chi connectivity index (χ2v) is 4.53. The van der Waals surface area contributed by atoms with E-state index in [0.29, 0.717) is 5.02 Å². The quantitative estimate of drug-likeness (QED) is 0.742. The van der Waals surface area contributed by atoms with Crippen LogP contribution in [0.3, 0.4) is 0 Å². The van der Waals surface area contributed by atoms with E-state index in [4.69, 9.17) is 11.6 Å². The molecule has 2 nitrogen and oxygen atoms in total. The van der Waals surface area contributed by atoms with Crippen LogP contribution in [0.25, 0.3) is 10.9 Å². The monoisotopic (exact) mass is 284 g/mol. The van der Waals surface area contributed by atoms with Gasteiger partial charge in [0.15, 0.2) is 0 Å². The maximum Gasteiger partial charge on any atom is 0.130 e. The number of aromatic nitrogens is 2. The van der Waals surface area contributed by atoms with E-state index in [-0.39, 0.29) is 0 Å². The Labute approximate surface area is 102 Å². The minimum absolute atomic E-state index is 0.674. The summed E-state index contributed by atoms with van der Waals surface area (Å²) in [5.74, 6) is 0.807. The van der Waals surface area contributed by atoms with E-state index in [0.717, 1.165) is 33.3 Å². The van der Waals surface area contributed by atoms with E-state index in [1.807, 2.05) is 26.0 Å². The van der Waals surface area contributed by atoms with Gasteiger partial charge in [-0.1, -0.05) is 24.6 Å². The number of aryl methyl sites for hydroxylation is 2. The molecule has 0 amide bonds. The summed E-state index contributed by atoms with van der Waals surface area (Å²) in [4.78, 5) is 8.81. The highest BCUT2D eigenvalue weighted by molar-refractivity contribution is 9.10. The first-order valence-corrected chi connectivity index (χ1v) is 5.91. The standard InChI is InChI=1S/C11H10BrClN2/c1-3-8-14-10-7(13)5-4-6(2)9(10)11(12)15-8/h4-5H,3H2,1-2H3. The number of hydrogen-bond acceptors (Lipinski definition) is 2. The van der Waals surface area contributed by atoms with Gasteiger partial charge in [-0.05, 0) is 34.5 Å². The Hall–Kier alpha value is -0.670. The molecule has 0 spiro atoms. The molecule has 0 aliphatic carbocycles. The molecule has 0 aliphatic heterocycles. The van der Waals surface area contributed by atoms with Crippen molar-refractivity contribution in [2.45, 2.75) is 20.3 Å². The predicted octanol–water partition coefficient (Wildman–Crippen LogP) is 3.92. The predicted molar refractivity (Wildman–Crippen MR) is 66.4 cm³/mol. The highest BCUT2D eigenvalue weighted by atomic mass is 79.9. The van der Waals surface area contributed by atoms with Crippen LogP contribution in [-0.2, 0) is 6.42 Å². The maximum atomic E-state index is 6.12. The van der Waals surface area contributed by atoms with Crippen LogP contribution < -0.4 is 0 Å². The Kier molecular flexibility index (Phi) is 2.94. The van der Waals surface area contributed by atoms with Crippen LogP contribution in [0.4, 0.5) is 0 Å². The molecule has 1 aromatic heterocycles. The van der Waals surface area contributed by atoms with Gasteiger partial charge in [-0.2, -0.15) is 0 Å². The molecule has 2 rings (SSSR count). The number of fused-ring (bicyclic) bond motifs is 1. The van der Waals surface area contributed by atoms with Gasteiger partial charge in [0.1, 0.15) is 10.4 Å². The molecule has 0 radical (unpaired) electrons. The zero-order valence-corrected chi connectivity index (χ0v) is 10.9. The van der Waals surface area contributed by atoms with Crippen molar-refractivity contribution in [3.05, 3.63) is 33.1 Å². The van der Waals surface area contributed by atoms with Crippen molar-refractivity contribution in [3.8, 4) is 0 Å². The van der Waals surface area contributed by atoms with Crippen molar-refractivity contribution in [2.24, 2.45) is 0 Å². The summed E-state index contributed by atoms with van der Waals surface area (Å²) in [6.07, 6.45) is 0.804. The third-order valence-electron chi connectivity index (χ3n) is 2.33. The van der Waals surface area contributed by atoms with E-state index in [9.17, 15) is 0 Å². The molecule has 0 fully saturated rings. The second kappa shape index (κ2) is 4.06. The molecule has 4 heteroatoms. The zero-order valence-electron chi connectivity index (χ0n) is 8.51. The number of halogens is 2. The van der Waals surface area contributed by atoms with Crippen molar-refractivity contribution in [2.75, 3.05) is 0 Å². The average molecular weight is 286 g/mol. The fourth-order valence-electron chi connectivity index (χ4n) is 1.52. The number of hydrogen-bond donors (Lipinski definition) is 0. The van der Waals surface area contributed by atoms with Crippen LogP contribution >= 0.6 is 27.5 Å². The molecule has 0 atom stereocenters. The number of rotatable bonds is 1. The summed E-state index contributed by atoms with van der Waals surface area (Å²) < 4.78 is 0.823. The SMILES string of the molecule is CCc1nc(Br)c2c(C)ccc(Cl)c2n1. The van der Waals surface area contributed by atoms with Gasteiger partial charge in [0.2, 0.25) is 0 Å². The fourth-order valence-corrected chi connectivity index (χ4v) is 2.42. The lowest BCUT2D eigenvalue weighted by Gasteiger charge is -2.07. The topological polar surface area (TPSA) is 25.8 Å². The molecule has 1 heterocycles. The summed E-state index contributed by atoms with van der Waals surface area (Å²) in [6, 6.07) is 3.85. The minimum Gasteiger partial charge on any atom is -0.231 e. The van der Waals surface area contributed by atoms with Crippen LogP contribution in [0.2, 0.25) is 5.02 Å². The normalized spacial score (nSPS) is 10.9. The lowest BCUT2D eigenvalue weighted by atomic mass is 10.1. The number of benzene rings is 1. The van der Waals surface area contributed by atoms with E-state index in [1.54, 1.807) is 0 Å². The molecule has 78 valence electrons. The van der Waals surface area contributed by atoms with E-state index >= 15 is 0 Å². The molecule has 0 N–H and O–H groups in total. The summed E-state index contributed by atoms with van der Waals surface area (Å²) in [5, 5.41) is 1.67. The summed E-state index contributed by atoms with van der Waals surface area (Å²) in [5.41, 5.74) is 1.96. The molecule has 0 saturated carbocycles. The summed E-state index contributed by atoms with van der Waals surface area (Å²) in [6.45, 7) is 4.05. The van der Waals surface area contributed by atoms with E-state index < -0.39 is 0 Å². The Morgan fingerprint density at radius 3 is 2.73 bits per heavy atom. The molecule has 0 bridgehead atoms. The van der Waals surface area contributed by atoms with Crippen LogP contribution in [0.5, 0.6) is 0 Å². The molecule has 0 unspecified atom stereocenters. The first-order chi connectivity index (χ1) is 7.13. The van der Waals surface area contributed by atoms with Gasteiger partial charge in [0.05, 0.1) is 10.5 Å². The van der Waals surface area contributed by atoms with Gasteiger partial charge in [-0.15, -0.1) is 0 Å². The summed E-state index contributed by atoms with van der Waals surface area (Å²) in [7, 11) is 0. The third-order valence-corrected chi connectivity index (χ3v) is 3.21. The van der Waals surface area contributed by atoms with Crippen LogP contribution in [0.1, 0.15) is 18.3 Å². The van der Waals surface area contributed by atoms with Crippen LogP contribution in [0.15, 0.2) is 16.7 Å². The van der Waals surface area contributed by atoms with Gasteiger partial charge in [-0.25, -0.2) is 9.97 Å². The van der Waals surface area contributed by atoms with Crippen molar-refractivity contribution < 1.29 is 0 Å². The van der Waals surface area contributed by atoms with Crippen LogP contribution in [-0.4, -0.2) is 9.97 Å². The minimum atomic E-state index is 0.674. The third kappa shape index (κ3) is 1.86. The van der Waals surface area contributed by atoms with Gasteiger partial charge >= 0.3 is 0 Å². The zero-order chi connectivity index (χ0) is 11.0. The van der Waals surface area contributed by atoms with Crippen LogP contribution in [0, 0.1) is 6.92 Å². The van der Waals surface area contributed by atoms with Gasteiger partial charge < -0.3 is 0 Å². The van der Waals surface area contributed by atoms with E-state index in [1.165, 1.54) is 0 Å². The lowest BCUT2D eigenvalue weighted by molar-refractivity contribution is 0.950. The molecule has 15 heavy (non-hydrogen) atoms. The van der Waals surface area contributed by atoms with Crippen molar-refractivity contribution in [3.63, 3.8) is 0 Å². The van der Waals surface area contributed by atoms with Gasteiger partial charge in [0, 0.05) is 11.8 Å². The Morgan fingerprint density at radius 1 is 1.33 bits per heavy atom. The Balaban J connectivity index is 2.90. The number of nitrogens with zero attached hydrogens (tertiary/aromatic N) is 2. The highest BCUT2D eigenvalue weighted by Gasteiger charge is 2.09. The highest BCUT2D eigenvalue weighted by Crippen LogP contribution is 2.29. The Bertz CT molecular complexity index is 525. The molecule has 1 aromatic carbocycles. The first-order valence-electron chi connectivity index (χ1n) is 4.74. The average Bonchev–Trinajstić information content (AvgIpc) is 2.23. The lowest BCUT2D eigenvalue weighted by Crippen LogP contribution is -1.96. The smallest absolute Gasteiger partial charge is 0.130 e. The van der Waals surface area contributed by atoms with Crippen molar-refractivity contribution in [1.29, 1.82) is 0 Å². The molecule has 2 aromatic rings. The first kappa shape index (κ1) is 10.8. The van der Waals surface area contributed by atoms with Crippen molar-refractivity contribution in [1.82, 2.24) is 9.97 Å².